The van der Waals surface area contributed by atoms with Gasteiger partial charge in [-0.25, -0.2) is 4.39 Å². The molecule has 7 heteroatoms. The van der Waals surface area contributed by atoms with Crippen LogP contribution in [0.15, 0.2) is 24.5 Å². The summed E-state index contributed by atoms with van der Waals surface area (Å²) in [5.41, 5.74) is -0.434. The molecule has 1 heterocycles. The van der Waals surface area contributed by atoms with Gasteiger partial charge in [-0.15, -0.1) is 10.2 Å². The van der Waals surface area contributed by atoms with Crippen LogP contribution >= 0.6 is 0 Å². The van der Waals surface area contributed by atoms with Crippen LogP contribution in [-0.2, 0) is 5.54 Å². The number of benzene rings is 1. The molecule has 0 bridgehead atoms. The normalized spacial score (nSPS) is 11.6. The standard InChI is InChI=1S/C12H13FN4O2/c1-12(2,3)16-7-14-15-11(16)9-6-8(13)4-5-10(9)17(18)19/h4-7H,1-3H3. The number of nitro groups is 1. The number of nitro benzene ring substituents is 1. The minimum Gasteiger partial charge on any atom is -0.308 e. The summed E-state index contributed by atoms with van der Waals surface area (Å²) in [6, 6.07) is 3.29. The van der Waals surface area contributed by atoms with E-state index in [1.807, 2.05) is 20.8 Å². The summed E-state index contributed by atoms with van der Waals surface area (Å²) in [6.07, 6.45) is 1.48. The minimum absolute atomic E-state index is 0.123. The minimum atomic E-state index is -0.559. The first-order valence-corrected chi connectivity index (χ1v) is 5.65. The summed E-state index contributed by atoms with van der Waals surface area (Å²) in [4.78, 5) is 10.5. The lowest BCUT2D eigenvalue weighted by Gasteiger charge is -2.22. The van der Waals surface area contributed by atoms with Gasteiger partial charge in [-0.05, 0) is 32.9 Å². The molecular formula is C12H13FN4O2. The molecule has 6 nitrogen and oxygen atoms in total. The van der Waals surface area contributed by atoms with E-state index in [0.29, 0.717) is 0 Å². The highest BCUT2D eigenvalue weighted by Crippen LogP contribution is 2.31. The Bertz CT molecular complexity index is 631. The molecule has 2 aromatic rings. The third-order valence-electron chi connectivity index (χ3n) is 2.67. The molecule has 0 aliphatic heterocycles. The molecule has 19 heavy (non-hydrogen) atoms. The Morgan fingerprint density at radius 3 is 2.63 bits per heavy atom. The zero-order valence-corrected chi connectivity index (χ0v) is 10.8. The highest BCUT2D eigenvalue weighted by atomic mass is 19.1. The maximum atomic E-state index is 13.4. The molecule has 0 saturated heterocycles. The second-order valence-electron chi connectivity index (χ2n) is 5.11. The fraction of sp³-hybridized carbons (Fsp3) is 0.333. The Hall–Kier alpha value is -2.31. The summed E-state index contributed by atoms with van der Waals surface area (Å²) in [5, 5.41) is 18.7. The molecule has 1 aromatic heterocycles. The van der Waals surface area contributed by atoms with Crippen molar-refractivity contribution in [3.63, 3.8) is 0 Å². The van der Waals surface area contributed by atoms with Gasteiger partial charge >= 0.3 is 0 Å². The monoisotopic (exact) mass is 264 g/mol. The van der Waals surface area contributed by atoms with E-state index in [4.69, 9.17) is 0 Å². The predicted molar refractivity (Wildman–Crippen MR) is 67.1 cm³/mol. The summed E-state index contributed by atoms with van der Waals surface area (Å²) < 4.78 is 15.0. The Morgan fingerprint density at radius 2 is 2.05 bits per heavy atom. The number of nitrogens with zero attached hydrogens (tertiary/aromatic N) is 4. The van der Waals surface area contributed by atoms with Crippen LogP contribution in [0.25, 0.3) is 11.4 Å². The molecule has 0 unspecified atom stereocenters. The predicted octanol–water partition coefficient (Wildman–Crippen LogP) is 2.75. The Balaban J connectivity index is 2.69. The SMILES string of the molecule is CC(C)(C)n1cnnc1-c1cc(F)ccc1[N+](=O)[O-]. The summed E-state index contributed by atoms with van der Waals surface area (Å²) >= 11 is 0. The molecular weight excluding hydrogens is 251 g/mol. The first kappa shape index (κ1) is 13.1. The van der Waals surface area contributed by atoms with E-state index in [-0.39, 0.29) is 22.6 Å². The first-order chi connectivity index (χ1) is 8.80. The molecule has 0 fully saturated rings. The summed E-state index contributed by atoms with van der Waals surface area (Å²) in [6.45, 7) is 5.72. The van der Waals surface area contributed by atoms with Gasteiger partial charge in [-0.3, -0.25) is 10.1 Å². The van der Waals surface area contributed by atoms with Crippen molar-refractivity contribution < 1.29 is 9.31 Å². The van der Waals surface area contributed by atoms with E-state index in [1.165, 1.54) is 6.33 Å². The van der Waals surface area contributed by atoms with Crippen molar-refractivity contribution in [2.45, 2.75) is 26.3 Å². The molecule has 0 aliphatic carbocycles. The van der Waals surface area contributed by atoms with Crippen LogP contribution in [0.4, 0.5) is 10.1 Å². The lowest BCUT2D eigenvalue weighted by Crippen LogP contribution is -2.22. The second-order valence-corrected chi connectivity index (χ2v) is 5.11. The van der Waals surface area contributed by atoms with E-state index in [0.717, 1.165) is 18.2 Å². The highest BCUT2D eigenvalue weighted by Gasteiger charge is 2.25. The number of rotatable bonds is 2. The molecule has 0 atom stereocenters. The third-order valence-corrected chi connectivity index (χ3v) is 2.67. The van der Waals surface area contributed by atoms with Gasteiger partial charge in [-0.1, -0.05) is 0 Å². The zero-order valence-electron chi connectivity index (χ0n) is 10.8. The zero-order chi connectivity index (χ0) is 14.2. The molecule has 0 amide bonds. The molecule has 0 aliphatic rings. The van der Waals surface area contributed by atoms with Gasteiger partial charge in [0, 0.05) is 11.6 Å². The van der Waals surface area contributed by atoms with Crippen molar-refractivity contribution in [1.29, 1.82) is 0 Å². The van der Waals surface area contributed by atoms with Crippen LogP contribution in [0.2, 0.25) is 0 Å². The molecule has 2 rings (SSSR count). The van der Waals surface area contributed by atoms with E-state index in [1.54, 1.807) is 4.57 Å². The fourth-order valence-electron chi connectivity index (χ4n) is 1.76. The van der Waals surface area contributed by atoms with Crippen molar-refractivity contribution in [2.75, 3.05) is 0 Å². The van der Waals surface area contributed by atoms with Crippen LogP contribution < -0.4 is 0 Å². The number of aromatic nitrogens is 3. The Kier molecular flexibility index (Phi) is 3.05. The Morgan fingerprint density at radius 1 is 1.37 bits per heavy atom. The second kappa shape index (κ2) is 4.42. The lowest BCUT2D eigenvalue weighted by molar-refractivity contribution is -0.384. The average molecular weight is 264 g/mol. The van der Waals surface area contributed by atoms with Crippen LogP contribution in [0.3, 0.4) is 0 Å². The van der Waals surface area contributed by atoms with Gasteiger partial charge in [0.2, 0.25) is 0 Å². The van der Waals surface area contributed by atoms with Crippen molar-refractivity contribution in [3.05, 3.63) is 40.5 Å². The van der Waals surface area contributed by atoms with Gasteiger partial charge < -0.3 is 4.57 Å². The van der Waals surface area contributed by atoms with Gasteiger partial charge in [-0.2, -0.15) is 0 Å². The van der Waals surface area contributed by atoms with Crippen LogP contribution in [-0.4, -0.2) is 19.7 Å². The van der Waals surface area contributed by atoms with Gasteiger partial charge in [0.1, 0.15) is 12.1 Å². The third kappa shape index (κ3) is 2.44. The maximum absolute atomic E-state index is 13.4. The average Bonchev–Trinajstić information content (AvgIpc) is 2.76. The summed E-state index contributed by atoms with van der Waals surface area (Å²) in [5.74, 6) is -0.275. The largest absolute Gasteiger partial charge is 0.308 e. The van der Waals surface area contributed by atoms with Crippen LogP contribution in [0.5, 0.6) is 0 Å². The molecule has 0 radical (unpaired) electrons. The summed E-state index contributed by atoms with van der Waals surface area (Å²) in [7, 11) is 0. The van der Waals surface area contributed by atoms with Crippen molar-refractivity contribution >= 4 is 5.69 Å². The molecule has 1 aromatic carbocycles. The molecule has 100 valence electrons. The smallest absolute Gasteiger partial charge is 0.280 e. The van der Waals surface area contributed by atoms with Crippen LogP contribution in [0, 0.1) is 15.9 Å². The fourth-order valence-corrected chi connectivity index (χ4v) is 1.76. The van der Waals surface area contributed by atoms with Crippen molar-refractivity contribution in [3.8, 4) is 11.4 Å². The van der Waals surface area contributed by atoms with Gasteiger partial charge in [0.05, 0.1) is 10.5 Å². The Labute approximate surface area is 109 Å². The lowest BCUT2D eigenvalue weighted by atomic mass is 10.1. The van der Waals surface area contributed by atoms with E-state index in [9.17, 15) is 14.5 Å². The van der Waals surface area contributed by atoms with Crippen molar-refractivity contribution in [2.24, 2.45) is 0 Å². The number of hydrogen-bond donors (Lipinski definition) is 0. The highest BCUT2D eigenvalue weighted by molar-refractivity contribution is 5.68. The quantitative estimate of drug-likeness (QED) is 0.617. The number of halogens is 1. The topological polar surface area (TPSA) is 73.8 Å². The molecule has 0 spiro atoms. The van der Waals surface area contributed by atoms with Crippen molar-refractivity contribution in [1.82, 2.24) is 14.8 Å². The first-order valence-electron chi connectivity index (χ1n) is 5.65. The van der Waals surface area contributed by atoms with E-state index in [2.05, 4.69) is 10.2 Å². The van der Waals surface area contributed by atoms with Gasteiger partial charge in [0.15, 0.2) is 5.82 Å². The van der Waals surface area contributed by atoms with Gasteiger partial charge in [0.25, 0.3) is 5.69 Å². The van der Waals surface area contributed by atoms with Crippen LogP contribution in [0.1, 0.15) is 20.8 Å². The molecule has 0 N–H and O–H groups in total. The maximum Gasteiger partial charge on any atom is 0.280 e. The number of hydrogen-bond acceptors (Lipinski definition) is 4. The van der Waals surface area contributed by atoms with E-state index < -0.39 is 10.7 Å². The van der Waals surface area contributed by atoms with E-state index >= 15 is 0 Å². The molecule has 0 saturated carbocycles.